The smallest absolute Gasteiger partial charge is 0.137 e. The van der Waals surface area contributed by atoms with Crippen LogP contribution in [0.15, 0.2) is 10.6 Å². The van der Waals surface area contributed by atoms with Gasteiger partial charge in [-0.25, -0.2) is 0 Å². The van der Waals surface area contributed by atoms with E-state index in [-0.39, 0.29) is 0 Å². The van der Waals surface area contributed by atoms with Crippen LogP contribution in [0.4, 0.5) is 0 Å². The van der Waals surface area contributed by atoms with Crippen molar-refractivity contribution < 1.29 is 4.52 Å². The van der Waals surface area contributed by atoms with E-state index in [1.54, 1.807) is 0 Å². The molecule has 0 amide bonds. The molecule has 0 aliphatic carbocycles. The average Bonchev–Trinajstić information content (AvgIpc) is 2.33. The van der Waals surface area contributed by atoms with Gasteiger partial charge in [0.05, 0.1) is 5.69 Å². The van der Waals surface area contributed by atoms with Gasteiger partial charge in [0.2, 0.25) is 0 Å². The molecule has 0 aliphatic heterocycles. The predicted octanol–water partition coefficient (Wildman–Crippen LogP) is 3.07. The standard InChI is InChI=1S/C11H19NO/c1-8(2)5-10-7-11(13-12-10)6-9(3)4/h7-9H,5-6H2,1-4H3. The molecule has 0 aliphatic rings. The summed E-state index contributed by atoms with van der Waals surface area (Å²) >= 11 is 0. The van der Waals surface area contributed by atoms with Crippen LogP contribution in [0.1, 0.15) is 39.1 Å². The maximum Gasteiger partial charge on any atom is 0.137 e. The summed E-state index contributed by atoms with van der Waals surface area (Å²) in [5, 5.41) is 4.03. The summed E-state index contributed by atoms with van der Waals surface area (Å²) in [5.74, 6) is 2.31. The number of hydrogen-bond acceptors (Lipinski definition) is 2. The maximum absolute atomic E-state index is 5.23. The molecule has 0 bridgehead atoms. The lowest BCUT2D eigenvalue weighted by molar-refractivity contribution is 0.361. The van der Waals surface area contributed by atoms with E-state index >= 15 is 0 Å². The summed E-state index contributed by atoms with van der Waals surface area (Å²) in [6, 6.07) is 2.08. The van der Waals surface area contributed by atoms with Gasteiger partial charge in [-0.1, -0.05) is 32.9 Å². The first-order chi connectivity index (χ1) is 6.08. The zero-order chi connectivity index (χ0) is 9.84. The minimum atomic E-state index is 0.639. The monoisotopic (exact) mass is 181 g/mol. The fourth-order valence-corrected chi connectivity index (χ4v) is 1.37. The van der Waals surface area contributed by atoms with Crippen molar-refractivity contribution in [2.24, 2.45) is 11.8 Å². The van der Waals surface area contributed by atoms with E-state index in [9.17, 15) is 0 Å². The normalized spacial score (nSPS) is 11.5. The van der Waals surface area contributed by atoms with Gasteiger partial charge in [-0.05, 0) is 18.3 Å². The van der Waals surface area contributed by atoms with Gasteiger partial charge in [0.25, 0.3) is 0 Å². The molecule has 1 aromatic rings. The SMILES string of the molecule is CC(C)Cc1cc(CC(C)C)on1. The molecule has 2 heteroatoms. The molecule has 0 aromatic carbocycles. The maximum atomic E-state index is 5.23. The van der Waals surface area contributed by atoms with Crippen molar-refractivity contribution in [1.82, 2.24) is 5.16 Å². The van der Waals surface area contributed by atoms with Gasteiger partial charge in [-0.3, -0.25) is 0 Å². The predicted molar refractivity (Wildman–Crippen MR) is 53.6 cm³/mol. The lowest BCUT2D eigenvalue weighted by atomic mass is 10.1. The van der Waals surface area contributed by atoms with Gasteiger partial charge in [-0.2, -0.15) is 0 Å². The van der Waals surface area contributed by atoms with Crippen molar-refractivity contribution in [2.75, 3.05) is 0 Å². The third kappa shape index (κ3) is 3.62. The third-order valence-electron chi connectivity index (χ3n) is 1.83. The Morgan fingerprint density at radius 3 is 2.31 bits per heavy atom. The summed E-state index contributed by atoms with van der Waals surface area (Å²) < 4.78 is 5.23. The highest BCUT2D eigenvalue weighted by Crippen LogP contribution is 2.12. The van der Waals surface area contributed by atoms with Gasteiger partial charge in [-0.15, -0.1) is 0 Å². The Hall–Kier alpha value is -0.790. The number of rotatable bonds is 4. The fourth-order valence-electron chi connectivity index (χ4n) is 1.37. The molecule has 0 radical (unpaired) electrons. The van der Waals surface area contributed by atoms with Crippen molar-refractivity contribution in [2.45, 2.75) is 40.5 Å². The van der Waals surface area contributed by atoms with Crippen LogP contribution >= 0.6 is 0 Å². The van der Waals surface area contributed by atoms with Crippen LogP contribution < -0.4 is 0 Å². The molecule has 74 valence electrons. The minimum Gasteiger partial charge on any atom is -0.361 e. The van der Waals surface area contributed by atoms with Crippen LogP contribution in [0.2, 0.25) is 0 Å². The average molecular weight is 181 g/mol. The molecule has 1 aromatic heterocycles. The molecule has 0 atom stereocenters. The second kappa shape index (κ2) is 4.45. The molecule has 0 unspecified atom stereocenters. The Morgan fingerprint density at radius 1 is 1.15 bits per heavy atom. The fraction of sp³-hybridized carbons (Fsp3) is 0.727. The van der Waals surface area contributed by atoms with E-state index in [1.807, 2.05) is 0 Å². The second-order valence-electron chi connectivity index (χ2n) is 4.48. The lowest BCUT2D eigenvalue weighted by Crippen LogP contribution is -1.93. The molecule has 1 rings (SSSR count). The largest absolute Gasteiger partial charge is 0.361 e. The minimum absolute atomic E-state index is 0.639. The van der Waals surface area contributed by atoms with E-state index in [4.69, 9.17) is 4.52 Å². The van der Waals surface area contributed by atoms with Crippen molar-refractivity contribution in [3.05, 3.63) is 17.5 Å². The number of aromatic nitrogens is 1. The Balaban J connectivity index is 2.53. The molecule has 0 N–H and O–H groups in total. The van der Waals surface area contributed by atoms with Crippen molar-refractivity contribution in [3.8, 4) is 0 Å². The zero-order valence-electron chi connectivity index (χ0n) is 9.00. The molecule has 13 heavy (non-hydrogen) atoms. The van der Waals surface area contributed by atoms with Crippen molar-refractivity contribution in [1.29, 1.82) is 0 Å². The summed E-state index contributed by atoms with van der Waals surface area (Å²) in [6.45, 7) is 8.75. The van der Waals surface area contributed by atoms with E-state index in [0.29, 0.717) is 11.8 Å². The van der Waals surface area contributed by atoms with E-state index in [2.05, 4.69) is 38.9 Å². The molecule has 2 nitrogen and oxygen atoms in total. The van der Waals surface area contributed by atoms with Crippen LogP contribution in [0.3, 0.4) is 0 Å². The Morgan fingerprint density at radius 2 is 1.77 bits per heavy atom. The number of nitrogens with zero attached hydrogens (tertiary/aromatic N) is 1. The highest BCUT2D eigenvalue weighted by Gasteiger charge is 2.07. The van der Waals surface area contributed by atoms with Gasteiger partial charge in [0, 0.05) is 12.5 Å². The van der Waals surface area contributed by atoms with Crippen LogP contribution in [0.5, 0.6) is 0 Å². The first-order valence-corrected chi connectivity index (χ1v) is 5.02. The first-order valence-electron chi connectivity index (χ1n) is 5.02. The summed E-state index contributed by atoms with van der Waals surface area (Å²) in [4.78, 5) is 0. The summed E-state index contributed by atoms with van der Waals surface area (Å²) in [5.41, 5.74) is 1.09. The molecular weight excluding hydrogens is 162 g/mol. The zero-order valence-corrected chi connectivity index (χ0v) is 9.00. The molecular formula is C11H19NO. The molecule has 0 saturated carbocycles. The van der Waals surface area contributed by atoms with E-state index in [0.717, 1.165) is 24.3 Å². The molecule has 1 heterocycles. The Bertz CT molecular complexity index is 226. The van der Waals surface area contributed by atoms with Crippen LogP contribution in [-0.4, -0.2) is 5.16 Å². The topological polar surface area (TPSA) is 26.0 Å². The van der Waals surface area contributed by atoms with Gasteiger partial charge < -0.3 is 4.52 Å². The van der Waals surface area contributed by atoms with E-state index in [1.165, 1.54) is 0 Å². The van der Waals surface area contributed by atoms with Gasteiger partial charge in [0.15, 0.2) is 0 Å². The highest BCUT2D eigenvalue weighted by molar-refractivity contribution is 5.06. The van der Waals surface area contributed by atoms with Crippen LogP contribution in [-0.2, 0) is 12.8 Å². The quantitative estimate of drug-likeness (QED) is 0.713. The highest BCUT2D eigenvalue weighted by atomic mass is 16.5. The summed E-state index contributed by atoms with van der Waals surface area (Å²) in [7, 11) is 0. The lowest BCUT2D eigenvalue weighted by Gasteiger charge is -1.98. The van der Waals surface area contributed by atoms with Crippen LogP contribution in [0.25, 0.3) is 0 Å². The van der Waals surface area contributed by atoms with Gasteiger partial charge >= 0.3 is 0 Å². The molecule has 0 spiro atoms. The first kappa shape index (κ1) is 10.3. The second-order valence-corrected chi connectivity index (χ2v) is 4.48. The van der Waals surface area contributed by atoms with Crippen LogP contribution in [0, 0.1) is 11.8 Å². The molecule has 0 saturated heterocycles. The Labute approximate surface area is 80.3 Å². The Kier molecular flexibility index (Phi) is 3.52. The molecule has 0 fully saturated rings. The van der Waals surface area contributed by atoms with Crippen molar-refractivity contribution >= 4 is 0 Å². The summed E-state index contributed by atoms with van der Waals surface area (Å²) in [6.07, 6.45) is 2.01. The van der Waals surface area contributed by atoms with Crippen molar-refractivity contribution in [3.63, 3.8) is 0 Å². The van der Waals surface area contributed by atoms with E-state index < -0.39 is 0 Å². The third-order valence-corrected chi connectivity index (χ3v) is 1.83. The number of hydrogen-bond donors (Lipinski definition) is 0. The van der Waals surface area contributed by atoms with Gasteiger partial charge in [0.1, 0.15) is 5.76 Å².